The average Bonchev–Trinajstić information content (AvgIpc) is 2.21. The van der Waals surface area contributed by atoms with Gasteiger partial charge in [-0.1, -0.05) is 11.6 Å². The standard InChI is InChI=1S/C5H5Cl.BrH.Li/c6-4-3-5-1-2-5;;/h4H,1-2H2;1H;/q;;+1/p-1. The first-order valence-electron chi connectivity index (χ1n) is 1.96. The minimum atomic E-state index is 0. The molecule has 0 saturated heterocycles. The quantitative estimate of drug-likeness (QED) is 0.268. The molecule has 0 radical (unpaired) electrons. The molecule has 1 rings (SSSR count). The Morgan fingerprint density at radius 3 is 2.12 bits per heavy atom. The van der Waals surface area contributed by atoms with Gasteiger partial charge in [-0.3, -0.25) is 0 Å². The SMILES string of the molecule is ClC=C=C1CC1.[Br-].[Li+]. The molecule has 0 spiro atoms. The van der Waals surface area contributed by atoms with Crippen LogP contribution in [0.3, 0.4) is 0 Å². The molecule has 0 atom stereocenters. The number of allylic oxidation sites excluding steroid dienone is 1. The van der Waals surface area contributed by atoms with Gasteiger partial charge in [-0.25, -0.2) is 0 Å². The van der Waals surface area contributed by atoms with Gasteiger partial charge in [0.2, 0.25) is 0 Å². The van der Waals surface area contributed by atoms with Crippen LogP contribution in [0.1, 0.15) is 12.8 Å². The fourth-order valence-corrected chi connectivity index (χ4v) is 0.438. The minimum absolute atomic E-state index is 0. The first-order valence-corrected chi connectivity index (χ1v) is 2.40. The molecule has 0 N–H and O–H groups in total. The molecular weight excluding hydrogens is 182 g/mol. The van der Waals surface area contributed by atoms with Crippen LogP contribution in [-0.2, 0) is 0 Å². The number of rotatable bonds is 0. The van der Waals surface area contributed by atoms with E-state index in [2.05, 4.69) is 5.73 Å². The number of hydrogen-bond donors (Lipinski definition) is 0. The Morgan fingerprint density at radius 1 is 1.50 bits per heavy atom. The summed E-state index contributed by atoms with van der Waals surface area (Å²) < 4.78 is 0. The Hall–Kier alpha value is 0.887. The van der Waals surface area contributed by atoms with Gasteiger partial charge in [-0.15, -0.1) is 5.73 Å². The van der Waals surface area contributed by atoms with Gasteiger partial charge in [0, 0.05) is 5.54 Å². The van der Waals surface area contributed by atoms with Gasteiger partial charge in [-0.2, -0.15) is 0 Å². The van der Waals surface area contributed by atoms with Crippen LogP contribution in [0.25, 0.3) is 0 Å². The van der Waals surface area contributed by atoms with Crippen molar-refractivity contribution < 1.29 is 35.8 Å². The van der Waals surface area contributed by atoms with Gasteiger partial charge in [0.05, 0.1) is 0 Å². The fraction of sp³-hybridized carbons (Fsp3) is 0.400. The van der Waals surface area contributed by atoms with Crippen LogP contribution >= 0.6 is 11.6 Å². The summed E-state index contributed by atoms with van der Waals surface area (Å²) in [6.45, 7) is 0. The smallest absolute Gasteiger partial charge is 1.00 e. The van der Waals surface area contributed by atoms with Gasteiger partial charge in [-0.05, 0) is 18.4 Å². The molecular formula is C5H5BrClLi. The molecule has 0 aliphatic heterocycles. The molecule has 40 valence electrons. The summed E-state index contributed by atoms with van der Waals surface area (Å²) in [6.07, 6.45) is 2.42. The maximum atomic E-state index is 5.18. The summed E-state index contributed by atoms with van der Waals surface area (Å²) in [7, 11) is 0. The van der Waals surface area contributed by atoms with Crippen molar-refractivity contribution in [3.05, 3.63) is 16.8 Å². The molecule has 0 unspecified atom stereocenters. The summed E-state index contributed by atoms with van der Waals surface area (Å²) in [4.78, 5) is 0. The average molecular weight is 187 g/mol. The van der Waals surface area contributed by atoms with Crippen LogP contribution in [0.15, 0.2) is 16.8 Å². The molecule has 1 fully saturated rings. The van der Waals surface area contributed by atoms with Crippen molar-refractivity contribution in [1.29, 1.82) is 0 Å². The number of halogens is 2. The molecule has 1 aliphatic carbocycles. The molecule has 1 saturated carbocycles. The molecule has 0 amide bonds. The van der Waals surface area contributed by atoms with Crippen molar-refractivity contribution in [2.45, 2.75) is 12.8 Å². The second kappa shape index (κ2) is 6.01. The zero-order valence-corrected chi connectivity index (χ0v) is 7.09. The predicted molar refractivity (Wildman–Crippen MR) is 26.7 cm³/mol. The maximum Gasteiger partial charge on any atom is 1.00 e. The van der Waals surface area contributed by atoms with Crippen molar-refractivity contribution in [2.75, 3.05) is 0 Å². The van der Waals surface area contributed by atoms with Crippen LogP contribution in [-0.4, -0.2) is 0 Å². The van der Waals surface area contributed by atoms with E-state index in [-0.39, 0.29) is 35.8 Å². The molecule has 0 aromatic carbocycles. The van der Waals surface area contributed by atoms with E-state index in [4.69, 9.17) is 11.6 Å². The van der Waals surface area contributed by atoms with Crippen LogP contribution in [0.5, 0.6) is 0 Å². The summed E-state index contributed by atoms with van der Waals surface area (Å²) in [6, 6.07) is 0. The van der Waals surface area contributed by atoms with Gasteiger partial charge >= 0.3 is 18.9 Å². The van der Waals surface area contributed by atoms with E-state index in [1.165, 1.54) is 23.9 Å². The van der Waals surface area contributed by atoms with Crippen LogP contribution in [0, 0.1) is 0 Å². The molecule has 0 bridgehead atoms. The molecule has 0 nitrogen and oxygen atoms in total. The molecule has 0 aromatic heterocycles. The third-order valence-corrected chi connectivity index (χ3v) is 0.868. The monoisotopic (exact) mass is 186 g/mol. The van der Waals surface area contributed by atoms with E-state index in [1.807, 2.05) is 0 Å². The second-order valence-electron chi connectivity index (χ2n) is 1.36. The Morgan fingerprint density at radius 2 is 2.00 bits per heavy atom. The van der Waals surface area contributed by atoms with E-state index < -0.39 is 0 Å². The van der Waals surface area contributed by atoms with Crippen molar-refractivity contribution in [1.82, 2.24) is 0 Å². The zero-order chi connectivity index (χ0) is 4.41. The van der Waals surface area contributed by atoms with E-state index in [9.17, 15) is 0 Å². The van der Waals surface area contributed by atoms with Crippen LogP contribution in [0.4, 0.5) is 0 Å². The van der Waals surface area contributed by atoms with Gasteiger partial charge in [0.15, 0.2) is 0 Å². The first-order chi connectivity index (χ1) is 2.93. The van der Waals surface area contributed by atoms with Crippen molar-refractivity contribution in [3.63, 3.8) is 0 Å². The Bertz CT molecular complexity index is 110. The Kier molecular flexibility index (Phi) is 8.76. The molecule has 0 aromatic rings. The summed E-state index contributed by atoms with van der Waals surface area (Å²) >= 11 is 5.18. The molecule has 0 heterocycles. The van der Waals surface area contributed by atoms with Gasteiger partial charge in [0.25, 0.3) is 0 Å². The van der Waals surface area contributed by atoms with E-state index in [0.717, 1.165) is 0 Å². The van der Waals surface area contributed by atoms with Gasteiger partial charge in [0.1, 0.15) is 0 Å². The molecule has 8 heavy (non-hydrogen) atoms. The maximum absolute atomic E-state index is 5.18. The van der Waals surface area contributed by atoms with Crippen molar-refractivity contribution >= 4 is 11.6 Å². The first kappa shape index (κ1) is 11.7. The van der Waals surface area contributed by atoms with Crippen molar-refractivity contribution in [3.8, 4) is 0 Å². The second-order valence-corrected chi connectivity index (χ2v) is 1.58. The van der Waals surface area contributed by atoms with Crippen LogP contribution < -0.4 is 35.8 Å². The topological polar surface area (TPSA) is 0 Å². The van der Waals surface area contributed by atoms with Gasteiger partial charge < -0.3 is 17.0 Å². The predicted octanol–water partition coefficient (Wildman–Crippen LogP) is -3.93. The van der Waals surface area contributed by atoms with E-state index in [0.29, 0.717) is 0 Å². The molecule has 1 aliphatic rings. The third-order valence-electron chi connectivity index (χ3n) is 0.759. The normalized spacial score (nSPS) is 12.4. The van der Waals surface area contributed by atoms with E-state index in [1.54, 1.807) is 0 Å². The Balaban J connectivity index is 0. The fourth-order valence-electron chi connectivity index (χ4n) is 0.284. The largest absolute Gasteiger partial charge is 1.00 e. The number of hydrogen-bond acceptors (Lipinski definition) is 0. The van der Waals surface area contributed by atoms with E-state index >= 15 is 0 Å². The van der Waals surface area contributed by atoms with Crippen LogP contribution in [0.2, 0.25) is 0 Å². The molecule has 3 heteroatoms. The zero-order valence-electron chi connectivity index (χ0n) is 4.75. The van der Waals surface area contributed by atoms with Crippen molar-refractivity contribution in [2.24, 2.45) is 0 Å². The minimum Gasteiger partial charge on any atom is -1.00 e. The Labute approximate surface area is 76.9 Å². The summed E-state index contributed by atoms with van der Waals surface area (Å²) in [5.41, 5.74) is 5.68. The summed E-state index contributed by atoms with van der Waals surface area (Å²) in [5.74, 6) is 0. The third kappa shape index (κ3) is 5.03. The summed E-state index contributed by atoms with van der Waals surface area (Å²) in [5, 5.41) is 0.